The van der Waals surface area contributed by atoms with Crippen LogP contribution in [0.15, 0.2) is 0 Å². The molecule has 4 N–H and O–H groups in total. The van der Waals surface area contributed by atoms with Crippen molar-refractivity contribution in [2.24, 2.45) is 11.5 Å². The summed E-state index contributed by atoms with van der Waals surface area (Å²) in [4.78, 5) is 10.1. The Bertz CT molecular complexity index is 88.5. The van der Waals surface area contributed by atoms with E-state index in [1.165, 1.54) is 0 Å². The van der Waals surface area contributed by atoms with Gasteiger partial charge in [0.2, 0.25) is 5.91 Å². The van der Waals surface area contributed by atoms with E-state index in [1.54, 1.807) is 11.8 Å². The number of carbonyl (C=O) groups excluding carboxylic acids is 1. The second kappa shape index (κ2) is 12.5. The van der Waals surface area contributed by atoms with Crippen molar-refractivity contribution in [1.29, 1.82) is 0 Å². The van der Waals surface area contributed by atoms with Crippen LogP contribution in [0.1, 0.15) is 21.3 Å². The third-order valence-electron chi connectivity index (χ3n) is 0.755. The minimum absolute atomic E-state index is 0. The summed E-state index contributed by atoms with van der Waals surface area (Å²) in [5, 5.41) is 0. The molecule has 0 atom stereocenters. The summed E-state index contributed by atoms with van der Waals surface area (Å²) in [6.45, 7) is 0.670. The van der Waals surface area contributed by atoms with Gasteiger partial charge in [-0.2, -0.15) is 11.8 Å². The topological polar surface area (TPSA) is 69.1 Å². The molecule has 0 aromatic rings. The second-order valence-corrected chi connectivity index (χ2v) is 2.84. The van der Waals surface area contributed by atoms with Crippen molar-refractivity contribution in [3.05, 3.63) is 0 Å². The van der Waals surface area contributed by atoms with E-state index in [9.17, 15) is 4.79 Å². The quantitative estimate of drug-likeness (QED) is 0.616. The number of primary amides is 1. The van der Waals surface area contributed by atoms with Gasteiger partial charge in [0.15, 0.2) is 0 Å². The van der Waals surface area contributed by atoms with Gasteiger partial charge in [-0.05, 0) is 0 Å². The third kappa shape index (κ3) is 17.7. The van der Waals surface area contributed by atoms with E-state index in [0.29, 0.717) is 13.0 Å². The fourth-order valence-electron chi connectivity index (χ4n) is 0.358. The molecule has 4 heteroatoms. The van der Waals surface area contributed by atoms with Gasteiger partial charge in [-0.1, -0.05) is 14.9 Å². The maximum atomic E-state index is 10.1. The van der Waals surface area contributed by atoms with Crippen molar-refractivity contribution < 1.29 is 4.79 Å². The van der Waals surface area contributed by atoms with Crippen molar-refractivity contribution in [3.8, 4) is 0 Å². The lowest BCUT2D eigenvalue weighted by atomic mass is 10.5. The van der Waals surface area contributed by atoms with E-state index in [2.05, 4.69) is 0 Å². The summed E-state index contributed by atoms with van der Waals surface area (Å²) in [5.41, 5.74) is 10.1. The maximum absolute atomic E-state index is 10.1. The van der Waals surface area contributed by atoms with E-state index in [1.807, 2.05) is 0 Å². The highest BCUT2D eigenvalue weighted by atomic mass is 32.2. The summed E-state index contributed by atoms with van der Waals surface area (Å²) in [5.74, 6) is 1.47. The molecule has 0 fully saturated rings. The van der Waals surface area contributed by atoms with Crippen LogP contribution >= 0.6 is 11.8 Å². The summed E-state index contributed by atoms with van der Waals surface area (Å²) in [6, 6.07) is 0. The molecule has 0 heterocycles. The van der Waals surface area contributed by atoms with Gasteiger partial charge >= 0.3 is 0 Å². The summed E-state index contributed by atoms with van der Waals surface area (Å²) < 4.78 is 0. The highest BCUT2D eigenvalue weighted by Gasteiger charge is 1.92. The van der Waals surface area contributed by atoms with Crippen molar-refractivity contribution >= 4 is 17.7 Å². The molecule has 0 aliphatic carbocycles. The van der Waals surface area contributed by atoms with Crippen LogP contribution in [0, 0.1) is 0 Å². The molecule has 3 nitrogen and oxygen atoms in total. The lowest BCUT2D eigenvalue weighted by molar-refractivity contribution is -0.117. The largest absolute Gasteiger partial charge is 0.370 e. The van der Waals surface area contributed by atoms with Crippen molar-refractivity contribution in [2.45, 2.75) is 21.3 Å². The number of carbonyl (C=O) groups is 1. The Labute approximate surface area is 73.9 Å². The van der Waals surface area contributed by atoms with Crippen LogP contribution in [0.5, 0.6) is 0 Å². The maximum Gasteiger partial charge on any atom is 0.218 e. The summed E-state index contributed by atoms with van der Waals surface area (Å²) >= 11 is 1.66. The van der Waals surface area contributed by atoms with Crippen LogP contribution in [-0.4, -0.2) is 24.0 Å². The number of hydrogen-bond donors (Lipinski definition) is 2. The molecule has 0 aliphatic rings. The molecule has 0 aromatic heterocycles. The van der Waals surface area contributed by atoms with E-state index in [-0.39, 0.29) is 20.8 Å². The normalized spacial score (nSPS) is 7.73. The van der Waals surface area contributed by atoms with Gasteiger partial charge < -0.3 is 11.5 Å². The minimum Gasteiger partial charge on any atom is -0.370 e. The monoisotopic (exact) mass is 180 g/mol. The van der Waals surface area contributed by atoms with E-state index < -0.39 is 0 Å². The van der Waals surface area contributed by atoms with Crippen LogP contribution in [-0.2, 0) is 4.79 Å². The van der Waals surface area contributed by atoms with E-state index >= 15 is 0 Å². The third-order valence-corrected chi connectivity index (χ3v) is 1.77. The zero-order valence-electron chi connectivity index (χ0n) is 5.30. The van der Waals surface area contributed by atoms with Gasteiger partial charge in [0.25, 0.3) is 0 Å². The molecule has 0 saturated heterocycles. The predicted molar refractivity (Wildman–Crippen MR) is 53.7 cm³/mol. The van der Waals surface area contributed by atoms with Gasteiger partial charge in [0, 0.05) is 24.5 Å². The lowest BCUT2D eigenvalue weighted by Crippen LogP contribution is -2.11. The number of thioether (sulfide) groups is 1. The van der Waals surface area contributed by atoms with Crippen LogP contribution in [0.2, 0.25) is 0 Å². The summed E-state index contributed by atoms with van der Waals surface area (Å²) in [6.07, 6.45) is 0.463. The zero-order chi connectivity index (χ0) is 7.11. The highest BCUT2D eigenvalue weighted by Crippen LogP contribution is 1.98. The van der Waals surface area contributed by atoms with Crippen LogP contribution < -0.4 is 11.5 Å². The molecule has 0 unspecified atom stereocenters. The van der Waals surface area contributed by atoms with Gasteiger partial charge in [-0.3, -0.25) is 4.79 Å². The number of nitrogens with two attached hydrogens (primary N) is 2. The first-order valence-corrected chi connectivity index (χ1v) is 3.99. The number of rotatable bonds is 5. The Hall–Kier alpha value is -0.220. The molecule has 11 heavy (non-hydrogen) atoms. The average molecular weight is 180 g/mol. The Morgan fingerprint density at radius 2 is 1.82 bits per heavy atom. The SMILES string of the molecule is C.C.NCCSCCC(N)=O. The van der Waals surface area contributed by atoms with Gasteiger partial charge in [-0.15, -0.1) is 0 Å². The molecule has 0 radical (unpaired) electrons. The highest BCUT2D eigenvalue weighted by molar-refractivity contribution is 7.99. The second-order valence-electron chi connectivity index (χ2n) is 1.62. The summed E-state index contributed by atoms with van der Waals surface area (Å²) in [7, 11) is 0. The van der Waals surface area contributed by atoms with E-state index in [0.717, 1.165) is 11.5 Å². The zero-order valence-corrected chi connectivity index (χ0v) is 6.12. The van der Waals surface area contributed by atoms with Gasteiger partial charge in [0.05, 0.1) is 0 Å². The molecule has 70 valence electrons. The fraction of sp³-hybridized carbons (Fsp3) is 0.857. The Balaban J connectivity index is -0.000000320. The fourth-order valence-corrected chi connectivity index (χ4v) is 1.07. The van der Waals surface area contributed by atoms with Crippen molar-refractivity contribution in [2.75, 3.05) is 18.1 Å². The Morgan fingerprint density at radius 3 is 2.18 bits per heavy atom. The standard InChI is InChI=1S/C5H12N2OS.2CH4/c6-2-4-9-3-1-5(7)8;;/h1-4,6H2,(H2,7,8);2*1H4. The molecule has 0 spiro atoms. The first-order valence-electron chi connectivity index (χ1n) is 2.83. The minimum atomic E-state index is -0.237. The van der Waals surface area contributed by atoms with Crippen molar-refractivity contribution in [1.82, 2.24) is 0 Å². The molecule has 0 aliphatic heterocycles. The predicted octanol–water partition coefficient (Wildman–Crippen LogP) is 0.826. The number of hydrogen-bond acceptors (Lipinski definition) is 3. The molecular formula is C7H20N2OS. The first-order chi connectivity index (χ1) is 4.27. The van der Waals surface area contributed by atoms with Gasteiger partial charge in [0.1, 0.15) is 0 Å². The molecule has 0 rings (SSSR count). The van der Waals surface area contributed by atoms with Gasteiger partial charge in [-0.25, -0.2) is 0 Å². The van der Waals surface area contributed by atoms with Crippen molar-refractivity contribution in [3.63, 3.8) is 0 Å². The van der Waals surface area contributed by atoms with Crippen LogP contribution in [0.3, 0.4) is 0 Å². The van der Waals surface area contributed by atoms with Crippen LogP contribution in [0.25, 0.3) is 0 Å². The van der Waals surface area contributed by atoms with E-state index in [4.69, 9.17) is 11.5 Å². The lowest BCUT2D eigenvalue weighted by Gasteiger charge is -1.94. The molecule has 0 saturated carbocycles. The smallest absolute Gasteiger partial charge is 0.218 e. The Morgan fingerprint density at radius 1 is 1.27 bits per heavy atom. The number of amides is 1. The molecule has 0 bridgehead atoms. The molecule has 1 amide bonds. The van der Waals surface area contributed by atoms with Crippen LogP contribution in [0.4, 0.5) is 0 Å². The molecule has 0 aromatic carbocycles. The Kier molecular flexibility index (Phi) is 19.3. The average Bonchev–Trinajstić information content (AvgIpc) is 1.80. The first kappa shape index (κ1) is 17.0. The molecular weight excluding hydrogens is 160 g/mol.